The van der Waals surface area contributed by atoms with E-state index in [-0.39, 0.29) is 12.4 Å². The van der Waals surface area contributed by atoms with Crippen LogP contribution >= 0.6 is 0 Å². The van der Waals surface area contributed by atoms with Crippen LogP contribution in [0, 0.1) is 0 Å². The molecular formula is C15H18O5. The number of methoxy groups -OCH3 is 1. The maximum absolute atomic E-state index is 12.0. The van der Waals surface area contributed by atoms with Crippen molar-refractivity contribution < 1.29 is 23.8 Å². The Kier molecular flexibility index (Phi) is 5.12. The molecule has 2 rings (SSSR count). The number of rotatable bonds is 4. The molecule has 1 aliphatic rings. The highest BCUT2D eigenvalue weighted by atomic mass is 16.6. The van der Waals surface area contributed by atoms with Crippen LogP contribution in [-0.4, -0.2) is 37.9 Å². The molecule has 5 nitrogen and oxygen atoms in total. The Labute approximate surface area is 117 Å². The summed E-state index contributed by atoms with van der Waals surface area (Å²) in [6.45, 7) is 0.570. The third-order valence-electron chi connectivity index (χ3n) is 3.24. The molecule has 1 fully saturated rings. The Morgan fingerprint density at radius 3 is 2.75 bits per heavy atom. The van der Waals surface area contributed by atoms with Crippen LogP contribution in [0.1, 0.15) is 29.6 Å². The van der Waals surface area contributed by atoms with Crippen molar-refractivity contribution in [2.24, 2.45) is 0 Å². The van der Waals surface area contributed by atoms with E-state index in [1.165, 1.54) is 7.11 Å². The summed E-state index contributed by atoms with van der Waals surface area (Å²) in [6, 6.07) is 8.78. The molecule has 1 aromatic carbocycles. The largest absolute Gasteiger partial charge is 0.469 e. The third-order valence-corrected chi connectivity index (χ3v) is 3.24. The first kappa shape index (κ1) is 14.5. The quantitative estimate of drug-likeness (QED) is 0.788. The summed E-state index contributed by atoms with van der Waals surface area (Å²) in [7, 11) is 1.33. The van der Waals surface area contributed by atoms with Gasteiger partial charge in [-0.2, -0.15) is 0 Å². The third kappa shape index (κ3) is 3.81. The number of hydrogen-bond acceptors (Lipinski definition) is 5. The first-order valence-corrected chi connectivity index (χ1v) is 6.65. The maximum Gasteiger partial charge on any atom is 0.338 e. The second-order valence-electron chi connectivity index (χ2n) is 4.64. The van der Waals surface area contributed by atoms with Gasteiger partial charge in [0.25, 0.3) is 0 Å². The first-order valence-electron chi connectivity index (χ1n) is 6.65. The Morgan fingerprint density at radius 2 is 2.05 bits per heavy atom. The van der Waals surface area contributed by atoms with E-state index in [1.54, 1.807) is 24.3 Å². The van der Waals surface area contributed by atoms with Crippen molar-refractivity contribution in [2.75, 3.05) is 13.7 Å². The van der Waals surface area contributed by atoms with E-state index in [0.29, 0.717) is 18.6 Å². The lowest BCUT2D eigenvalue weighted by Crippen LogP contribution is -2.39. The van der Waals surface area contributed by atoms with E-state index < -0.39 is 18.2 Å². The summed E-state index contributed by atoms with van der Waals surface area (Å²) in [5.41, 5.74) is 0.495. The van der Waals surface area contributed by atoms with Crippen molar-refractivity contribution in [1.82, 2.24) is 0 Å². The average molecular weight is 278 g/mol. The van der Waals surface area contributed by atoms with Crippen molar-refractivity contribution in [1.29, 1.82) is 0 Å². The summed E-state index contributed by atoms with van der Waals surface area (Å²) < 4.78 is 15.6. The minimum atomic E-state index is -0.427. The van der Waals surface area contributed by atoms with E-state index >= 15 is 0 Å². The fourth-order valence-corrected chi connectivity index (χ4v) is 2.16. The standard InChI is InChI=1S/C15H18O5/c1-18-14(16)10-13-12(8-5-9-19-13)20-15(17)11-6-3-2-4-7-11/h2-4,6-7,12-13H,5,8-10H2,1H3/t12-,13-/m1/s1. The molecule has 108 valence electrons. The summed E-state index contributed by atoms with van der Waals surface area (Å²) in [6.07, 6.45) is 0.771. The van der Waals surface area contributed by atoms with Gasteiger partial charge in [0.05, 0.1) is 19.1 Å². The van der Waals surface area contributed by atoms with Crippen molar-refractivity contribution in [3.8, 4) is 0 Å². The number of carbonyl (C=O) groups excluding carboxylic acids is 2. The van der Waals surface area contributed by atoms with Crippen LogP contribution in [0.4, 0.5) is 0 Å². The van der Waals surface area contributed by atoms with Gasteiger partial charge in [-0.25, -0.2) is 4.79 Å². The minimum absolute atomic E-state index is 0.100. The molecule has 0 spiro atoms. The molecule has 1 heterocycles. The van der Waals surface area contributed by atoms with Crippen LogP contribution in [0.25, 0.3) is 0 Å². The molecule has 0 radical (unpaired) electrons. The van der Waals surface area contributed by atoms with Crippen LogP contribution in [0.3, 0.4) is 0 Å². The molecule has 5 heteroatoms. The topological polar surface area (TPSA) is 61.8 Å². The summed E-state index contributed by atoms with van der Waals surface area (Å²) in [5, 5.41) is 0. The molecule has 0 N–H and O–H groups in total. The maximum atomic E-state index is 12.0. The van der Waals surface area contributed by atoms with E-state index in [9.17, 15) is 9.59 Å². The van der Waals surface area contributed by atoms with Gasteiger partial charge in [0.2, 0.25) is 0 Å². The Bertz CT molecular complexity index is 457. The van der Waals surface area contributed by atoms with Gasteiger partial charge in [-0.3, -0.25) is 4.79 Å². The normalized spacial score (nSPS) is 22.1. The minimum Gasteiger partial charge on any atom is -0.469 e. The van der Waals surface area contributed by atoms with Gasteiger partial charge < -0.3 is 14.2 Å². The number of hydrogen-bond donors (Lipinski definition) is 0. The lowest BCUT2D eigenvalue weighted by atomic mass is 10.0. The van der Waals surface area contributed by atoms with Crippen LogP contribution in [0.5, 0.6) is 0 Å². The van der Waals surface area contributed by atoms with E-state index in [4.69, 9.17) is 9.47 Å². The van der Waals surface area contributed by atoms with Crippen LogP contribution in [0.2, 0.25) is 0 Å². The van der Waals surface area contributed by atoms with E-state index in [0.717, 1.165) is 6.42 Å². The Hall–Kier alpha value is -1.88. The number of carbonyl (C=O) groups is 2. The highest BCUT2D eigenvalue weighted by Gasteiger charge is 2.31. The molecule has 0 amide bonds. The zero-order valence-electron chi connectivity index (χ0n) is 11.4. The Balaban J connectivity index is 1.98. The second kappa shape index (κ2) is 7.05. The highest BCUT2D eigenvalue weighted by Crippen LogP contribution is 2.21. The van der Waals surface area contributed by atoms with Crippen molar-refractivity contribution in [2.45, 2.75) is 31.5 Å². The number of ether oxygens (including phenoxy) is 3. The number of benzene rings is 1. The van der Waals surface area contributed by atoms with Crippen molar-refractivity contribution in [3.05, 3.63) is 35.9 Å². The van der Waals surface area contributed by atoms with E-state index in [2.05, 4.69) is 4.74 Å². The van der Waals surface area contributed by atoms with Crippen molar-refractivity contribution in [3.63, 3.8) is 0 Å². The average Bonchev–Trinajstić information content (AvgIpc) is 2.50. The monoisotopic (exact) mass is 278 g/mol. The molecule has 0 aliphatic carbocycles. The van der Waals surface area contributed by atoms with Crippen LogP contribution in [-0.2, 0) is 19.0 Å². The van der Waals surface area contributed by atoms with Crippen molar-refractivity contribution >= 4 is 11.9 Å². The van der Waals surface area contributed by atoms with Crippen LogP contribution < -0.4 is 0 Å². The molecule has 1 aromatic rings. The predicted molar refractivity (Wildman–Crippen MR) is 71.3 cm³/mol. The molecule has 0 aromatic heterocycles. The van der Waals surface area contributed by atoms with Gasteiger partial charge in [0.1, 0.15) is 12.2 Å². The lowest BCUT2D eigenvalue weighted by molar-refractivity contribution is -0.149. The summed E-state index contributed by atoms with van der Waals surface area (Å²) >= 11 is 0. The molecular weight excluding hydrogens is 260 g/mol. The summed E-state index contributed by atoms with van der Waals surface area (Å²) in [5.74, 6) is -0.756. The molecule has 1 aliphatic heterocycles. The van der Waals surface area contributed by atoms with Gasteiger partial charge in [0, 0.05) is 6.61 Å². The molecule has 0 bridgehead atoms. The summed E-state index contributed by atoms with van der Waals surface area (Å²) in [4.78, 5) is 23.4. The zero-order valence-corrected chi connectivity index (χ0v) is 11.4. The van der Waals surface area contributed by atoms with Gasteiger partial charge in [-0.1, -0.05) is 18.2 Å². The predicted octanol–water partition coefficient (Wildman–Crippen LogP) is 1.95. The highest BCUT2D eigenvalue weighted by molar-refractivity contribution is 5.89. The van der Waals surface area contributed by atoms with Crippen LogP contribution in [0.15, 0.2) is 30.3 Å². The van der Waals surface area contributed by atoms with Gasteiger partial charge in [0.15, 0.2) is 0 Å². The molecule has 1 saturated heterocycles. The van der Waals surface area contributed by atoms with E-state index in [1.807, 2.05) is 6.07 Å². The molecule has 0 saturated carbocycles. The molecule has 2 atom stereocenters. The van der Waals surface area contributed by atoms with Gasteiger partial charge in [-0.15, -0.1) is 0 Å². The molecule has 20 heavy (non-hydrogen) atoms. The molecule has 0 unspecified atom stereocenters. The SMILES string of the molecule is COC(=O)C[C@H]1OCCC[C@H]1OC(=O)c1ccccc1. The smallest absolute Gasteiger partial charge is 0.338 e. The fourth-order valence-electron chi connectivity index (χ4n) is 2.16. The fraction of sp³-hybridized carbons (Fsp3) is 0.467. The second-order valence-corrected chi connectivity index (χ2v) is 4.64. The van der Waals surface area contributed by atoms with Gasteiger partial charge >= 0.3 is 11.9 Å². The number of esters is 2. The lowest BCUT2D eigenvalue weighted by Gasteiger charge is -2.30. The Morgan fingerprint density at radius 1 is 1.30 bits per heavy atom. The zero-order chi connectivity index (χ0) is 14.4. The first-order chi connectivity index (χ1) is 9.70. The van der Waals surface area contributed by atoms with Gasteiger partial charge in [-0.05, 0) is 25.0 Å².